The highest BCUT2D eigenvalue weighted by atomic mass is 32.2. The van der Waals surface area contributed by atoms with Gasteiger partial charge in [0, 0.05) is 6.54 Å². The van der Waals surface area contributed by atoms with Gasteiger partial charge in [0.25, 0.3) is 0 Å². The molecule has 0 aromatic carbocycles. The largest absolute Gasteiger partial charge is 0.316 e. The minimum absolute atomic E-state index is 0.552. The predicted octanol–water partition coefficient (Wildman–Crippen LogP) is 7.69. The zero-order valence-corrected chi connectivity index (χ0v) is 19.8. The van der Waals surface area contributed by atoms with E-state index in [9.17, 15) is 0 Å². The fourth-order valence-electron chi connectivity index (χ4n) is 3.98. The summed E-state index contributed by atoms with van der Waals surface area (Å²) < 4.78 is 0. The summed E-state index contributed by atoms with van der Waals surface area (Å²) in [6.45, 7) is 16.6. The summed E-state index contributed by atoms with van der Waals surface area (Å²) in [5.74, 6) is 2.76. The molecule has 0 bridgehead atoms. The van der Waals surface area contributed by atoms with Crippen LogP contribution in [-0.2, 0) is 0 Å². The van der Waals surface area contributed by atoms with Gasteiger partial charge >= 0.3 is 0 Å². The molecular weight excluding hydrogens is 334 g/mol. The summed E-state index contributed by atoms with van der Waals surface area (Å²) in [7, 11) is 0. The summed E-state index contributed by atoms with van der Waals surface area (Å²) in [5.41, 5.74) is 1.87. The van der Waals surface area contributed by atoms with Gasteiger partial charge in [0.2, 0.25) is 0 Å². The normalized spacial score (nSPS) is 27.5. The van der Waals surface area contributed by atoms with E-state index in [2.05, 4.69) is 58.6 Å². The van der Waals surface area contributed by atoms with Crippen LogP contribution < -0.4 is 5.32 Å². The van der Waals surface area contributed by atoms with Crippen molar-refractivity contribution in [1.29, 1.82) is 0 Å². The topological polar surface area (TPSA) is 12.0 Å². The summed E-state index contributed by atoms with van der Waals surface area (Å²) in [6.07, 6.45) is 15.8. The number of hydrogen-bond donors (Lipinski definition) is 1. The van der Waals surface area contributed by atoms with E-state index in [1.54, 1.807) is 0 Å². The molecule has 1 nitrogen and oxygen atoms in total. The first-order valence-electron chi connectivity index (χ1n) is 11.4. The van der Waals surface area contributed by atoms with E-state index < -0.39 is 0 Å². The summed E-state index contributed by atoms with van der Waals surface area (Å²) in [4.78, 5) is 0. The number of thioether (sulfide) groups is 1. The molecule has 1 aliphatic carbocycles. The van der Waals surface area contributed by atoms with Crippen molar-refractivity contribution in [3.8, 4) is 0 Å². The van der Waals surface area contributed by atoms with Crippen LogP contribution >= 0.6 is 11.8 Å². The minimum Gasteiger partial charge on any atom is -0.316 e. The fourth-order valence-corrected chi connectivity index (χ4v) is 5.58. The summed E-state index contributed by atoms with van der Waals surface area (Å²) in [6, 6.07) is 0. The van der Waals surface area contributed by atoms with Crippen LogP contribution in [0.2, 0.25) is 0 Å². The van der Waals surface area contributed by atoms with Crippen molar-refractivity contribution >= 4 is 11.8 Å². The summed E-state index contributed by atoms with van der Waals surface area (Å²) >= 11 is 2.10. The maximum atomic E-state index is 3.44. The Kier molecular flexibility index (Phi) is 11.2. The Labute approximate surface area is 170 Å². The van der Waals surface area contributed by atoms with Crippen molar-refractivity contribution in [2.75, 3.05) is 24.6 Å². The third kappa shape index (κ3) is 12.7. The third-order valence-electron chi connectivity index (χ3n) is 6.36. The predicted molar refractivity (Wildman–Crippen MR) is 122 cm³/mol. The highest BCUT2D eigenvalue weighted by Crippen LogP contribution is 2.34. The molecule has 3 fully saturated rings. The van der Waals surface area contributed by atoms with Crippen LogP contribution in [0.1, 0.15) is 112 Å². The Hall–Kier alpha value is 0.310. The molecule has 156 valence electrons. The van der Waals surface area contributed by atoms with E-state index in [1.807, 2.05) is 0 Å². The lowest BCUT2D eigenvalue weighted by molar-refractivity contribution is 0.314. The highest BCUT2D eigenvalue weighted by molar-refractivity contribution is 7.99. The lowest BCUT2D eigenvalue weighted by Gasteiger charge is -2.28. The first-order chi connectivity index (χ1) is 12.1. The maximum absolute atomic E-state index is 3.44. The Morgan fingerprint density at radius 2 is 1.00 bits per heavy atom. The minimum atomic E-state index is 0.552. The Morgan fingerprint density at radius 3 is 1.50 bits per heavy atom. The number of hydrogen-bond acceptors (Lipinski definition) is 2. The molecule has 1 N–H and O–H groups in total. The smallest absolute Gasteiger partial charge is 0.000252 e. The molecule has 2 heteroatoms. The van der Waals surface area contributed by atoms with Crippen molar-refractivity contribution in [2.45, 2.75) is 112 Å². The molecule has 3 aliphatic rings. The monoisotopic (exact) mass is 383 g/mol. The third-order valence-corrected chi connectivity index (χ3v) is 7.35. The van der Waals surface area contributed by atoms with Crippen LogP contribution in [-0.4, -0.2) is 24.6 Å². The van der Waals surface area contributed by atoms with Crippen molar-refractivity contribution < 1.29 is 0 Å². The van der Waals surface area contributed by atoms with Gasteiger partial charge in [-0.05, 0) is 72.8 Å². The molecule has 1 saturated carbocycles. The van der Waals surface area contributed by atoms with Gasteiger partial charge in [0.05, 0.1) is 0 Å². The molecule has 26 heavy (non-hydrogen) atoms. The van der Waals surface area contributed by atoms with Crippen LogP contribution in [0.25, 0.3) is 0 Å². The van der Waals surface area contributed by atoms with Crippen LogP contribution in [0.5, 0.6) is 0 Å². The molecule has 0 radical (unpaired) electrons. The van der Waals surface area contributed by atoms with Gasteiger partial charge in [-0.25, -0.2) is 0 Å². The first kappa shape index (κ1) is 24.3. The van der Waals surface area contributed by atoms with Crippen molar-refractivity contribution in [1.82, 2.24) is 5.32 Å². The van der Waals surface area contributed by atoms with Gasteiger partial charge in [-0.2, -0.15) is 11.8 Å². The molecule has 3 rings (SSSR count). The fraction of sp³-hybridized carbons (Fsp3) is 1.00. The quantitative estimate of drug-likeness (QED) is 0.430. The molecule has 0 aromatic rings. The van der Waals surface area contributed by atoms with Crippen LogP contribution in [0, 0.1) is 16.2 Å². The Morgan fingerprint density at radius 1 is 0.538 bits per heavy atom. The van der Waals surface area contributed by atoms with Crippen LogP contribution in [0.15, 0.2) is 0 Å². The SMILES string of the molecule is CC1(C)CCCCCC1.CC1(C)CCCCNC1.CC1(C)CCSCC1. The molecule has 0 unspecified atom stereocenters. The van der Waals surface area contributed by atoms with E-state index in [4.69, 9.17) is 0 Å². The molecule has 2 aliphatic heterocycles. The average Bonchev–Trinajstić information content (AvgIpc) is 2.87. The first-order valence-corrected chi connectivity index (χ1v) is 12.6. The molecule has 2 heterocycles. The highest BCUT2D eigenvalue weighted by Gasteiger charge is 2.20. The lowest BCUT2D eigenvalue weighted by atomic mass is 9.85. The van der Waals surface area contributed by atoms with E-state index in [1.165, 1.54) is 95.2 Å². The molecule has 0 amide bonds. The van der Waals surface area contributed by atoms with Crippen molar-refractivity contribution in [3.05, 3.63) is 0 Å². The zero-order valence-electron chi connectivity index (χ0n) is 19.0. The van der Waals surface area contributed by atoms with Gasteiger partial charge < -0.3 is 5.32 Å². The molecular formula is C24H49NS. The van der Waals surface area contributed by atoms with Gasteiger partial charge in [-0.15, -0.1) is 0 Å². The number of rotatable bonds is 0. The second kappa shape index (κ2) is 12.0. The van der Waals surface area contributed by atoms with Crippen LogP contribution in [0.4, 0.5) is 0 Å². The average molecular weight is 384 g/mol. The maximum Gasteiger partial charge on any atom is 0.000252 e. The molecule has 0 atom stereocenters. The van der Waals surface area contributed by atoms with E-state index in [0.717, 1.165) is 0 Å². The number of nitrogens with one attached hydrogen (secondary N) is 1. The molecule has 0 aromatic heterocycles. The van der Waals surface area contributed by atoms with Gasteiger partial charge in [0.1, 0.15) is 0 Å². The van der Waals surface area contributed by atoms with Gasteiger partial charge in [-0.1, -0.05) is 73.6 Å². The van der Waals surface area contributed by atoms with E-state index >= 15 is 0 Å². The lowest BCUT2D eigenvalue weighted by Crippen LogP contribution is -2.26. The van der Waals surface area contributed by atoms with Crippen molar-refractivity contribution in [2.24, 2.45) is 16.2 Å². The molecule has 0 spiro atoms. The van der Waals surface area contributed by atoms with E-state index in [-0.39, 0.29) is 0 Å². The van der Waals surface area contributed by atoms with E-state index in [0.29, 0.717) is 16.2 Å². The Bertz CT molecular complexity index is 307. The van der Waals surface area contributed by atoms with Gasteiger partial charge in [-0.3, -0.25) is 0 Å². The van der Waals surface area contributed by atoms with Crippen molar-refractivity contribution in [3.63, 3.8) is 0 Å². The van der Waals surface area contributed by atoms with Gasteiger partial charge in [0.15, 0.2) is 0 Å². The van der Waals surface area contributed by atoms with Crippen LogP contribution in [0.3, 0.4) is 0 Å². The molecule has 2 saturated heterocycles. The Balaban J connectivity index is 0.000000195. The second-order valence-corrected chi connectivity index (χ2v) is 12.4. The zero-order chi connectivity index (χ0) is 19.5. The second-order valence-electron chi connectivity index (χ2n) is 11.2. The summed E-state index contributed by atoms with van der Waals surface area (Å²) in [5, 5.41) is 3.44. The standard InChI is InChI=1S/C9H18.C8H17N.C7H14S/c1-9(2)7-5-3-4-6-8-9;1-8(2)5-3-4-6-9-7-8;1-7(2)3-5-8-6-4-7/h3-8H2,1-2H3;9H,3-7H2,1-2H3;3-6H2,1-2H3.